The summed E-state index contributed by atoms with van der Waals surface area (Å²) < 4.78 is 59.2. The number of ether oxygens (including phenoxy) is 1. The molecule has 8 nitrogen and oxygen atoms in total. The zero-order valence-corrected chi connectivity index (χ0v) is 17.1. The second-order valence-corrected chi connectivity index (χ2v) is 8.08. The third-order valence-electron chi connectivity index (χ3n) is 5.95. The number of hydrogen-bond donors (Lipinski definition) is 1. The first-order chi connectivity index (χ1) is 15.2. The van der Waals surface area contributed by atoms with Crippen LogP contribution in [0.2, 0.25) is 0 Å². The van der Waals surface area contributed by atoms with E-state index >= 15 is 0 Å². The Balaban J connectivity index is 1.26. The number of rotatable bonds is 3. The summed E-state index contributed by atoms with van der Waals surface area (Å²) in [5.41, 5.74) is 3.20. The van der Waals surface area contributed by atoms with E-state index in [2.05, 4.69) is 24.6 Å². The summed E-state index contributed by atoms with van der Waals surface area (Å²) in [5.74, 6) is -8.46. The maximum atomic E-state index is 13.4. The number of hydrogen-bond acceptors (Lipinski definition) is 5. The molecule has 3 aromatic rings. The first-order valence-electron chi connectivity index (χ1n) is 10.1. The van der Waals surface area contributed by atoms with E-state index < -0.39 is 30.5 Å². The number of imidazole rings is 1. The summed E-state index contributed by atoms with van der Waals surface area (Å²) in [7, 11) is 1.88. The van der Waals surface area contributed by atoms with Crippen molar-refractivity contribution in [3.8, 4) is 11.4 Å². The molecule has 1 atom stereocenters. The minimum absolute atomic E-state index is 0.217. The number of anilines is 1. The zero-order chi connectivity index (χ0) is 22.7. The van der Waals surface area contributed by atoms with Gasteiger partial charge < -0.3 is 24.1 Å². The molecular formula is C20H20F4N6O2. The fourth-order valence-electron chi connectivity index (χ4n) is 4.02. The van der Waals surface area contributed by atoms with Gasteiger partial charge in [-0.25, -0.2) is 14.8 Å². The number of piperazine rings is 1. The van der Waals surface area contributed by atoms with E-state index in [1.807, 2.05) is 29.9 Å². The molecule has 1 aliphatic carbocycles. The van der Waals surface area contributed by atoms with E-state index in [1.165, 1.54) is 4.90 Å². The third kappa shape index (κ3) is 3.24. The van der Waals surface area contributed by atoms with Crippen molar-refractivity contribution in [3.63, 3.8) is 0 Å². The summed E-state index contributed by atoms with van der Waals surface area (Å²) in [6.07, 6.45) is 1.02. The number of H-pyrrole nitrogens is 1. The Labute approximate surface area is 179 Å². The van der Waals surface area contributed by atoms with Gasteiger partial charge in [0.2, 0.25) is 0 Å². The van der Waals surface area contributed by atoms with Gasteiger partial charge in [-0.15, -0.1) is 0 Å². The van der Waals surface area contributed by atoms with Crippen molar-refractivity contribution in [3.05, 3.63) is 30.9 Å². The van der Waals surface area contributed by atoms with Gasteiger partial charge in [0.15, 0.2) is 6.10 Å². The lowest BCUT2D eigenvalue weighted by atomic mass is 9.85. The Kier molecular flexibility index (Phi) is 4.57. The number of aryl methyl sites for hydroxylation is 1. The molecule has 0 aromatic carbocycles. The molecule has 1 saturated heterocycles. The molecule has 5 rings (SSSR count). The number of carbonyl (C=O) groups excluding carboxylic acids is 1. The summed E-state index contributed by atoms with van der Waals surface area (Å²) in [4.78, 5) is 27.5. The molecule has 12 heteroatoms. The second-order valence-electron chi connectivity index (χ2n) is 8.08. The minimum Gasteiger partial charge on any atom is -0.439 e. The van der Waals surface area contributed by atoms with E-state index in [0.29, 0.717) is 18.7 Å². The summed E-state index contributed by atoms with van der Waals surface area (Å²) in [6, 6.07) is 3.82. The van der Waals surface area contributed by atoms with Crippen molar-refractivity contribution >= 4 is 22.8 Å². The van der Waals surface area contributed by atoms with E-state index in [9.17, 15) is 22.4 Å². The fourth-order valence-corrected chi connectivity index (χ4v) is 4.02. The molecule has 1 amide bonds. The molecule has 0 radical (unpaired) electrons. The Bertz CT molecular complexity index is 1170. The van der Waals surface area contributed by atoms with Crippen molar-refractivity contribution in [2.45, 2.75) is 24.4 Å². The maximum Gasteiger partial charge on any atom is 0.410 e. The summed E-state index contributed by atoms with van der Waals surface area (Å²) in [6.45, 7) is 1.29. The normalized spacial score (nSPS) is 22.1. The number of alkyl halides is 4. The quantitative estimate of drug-likeness (QED) is 0.618. The van der Waals surface area contributed by atoms with Gasteiger partial charge in [-0.1, -0.05) is 0 Å². The fraction of sp³-hybridized carbons (Fsp3) is 0.450. The zero-order valence-electron chi connectivity index (χ0n) is 17.1. The highest BCUT2D eigenvalue weighted by Crippen LogP contribution is 2.52. The number of carbonyl (C=O) groups is 1. The van der Waals surface area contributed by atoms with Crippen molar-refractivity contribution < 1.29 is 27.1 Å². The number of nitrogens with zero attached hydrogens (tertiary/aromatic N) is 5. The van der Waals surface area contributed by atoms with Crippen LogP contribution in [0.1, 0.15) is 6.42 Å². The first kappa shape index (κ1) is 20.6. The van der Waals surface area contributed by atoms with Gasteiger partial charge in [-0.3, -0.25) is 0 Å². The van der Waals surface area contributed by atoms with Crippen molar-refractivity contribution in [2.75, 3.05) is 31.1 Å². The predicted octanol–water partition coefficient (Wildman–Crippen LogP) is 3.26. The molecule has 0 spiro atoms. The minimum atomic E-state index is -4.33. The van der Waals surface area contributed by atoms with Gasteiger partial charge in [0.25, 0.3) is 0 Å². The van der Waals surface area contributed by atoms with Gasteiger partial charge in [-0.05, 0) is 12.1 Å². The number of halogens is 4. The molecule has 1 N–H and O–H groups in total. The molecule has 2 aliphatic rings. The Morgan fingerprint density at radius 3 is 2.56 bits per heavy atom. The topological polar surface area (TPSA) is 79.3 Å². The lowest BCUT2D eigenvalue weighted by Crippen LogP contribution is -2.64. The smallest absolute Gasteiger partial charge is 0.410 e. The Morgan fingerprint density at radius 1 is 1.19 bits per heavy atom. The van der Waals surface area contributed by atoms with Gasteiger partial charge >= 0.3 is 17.9 Å². The molecule has 1 aliphatic heterocycles. The number of amides is 1. The molecule has 0 bridgehead atoms. The van der Waals surface area contributed by atoms with E-state index in [4.69, 9.17) is 0 Å². The number of pyridine rings is 1. The van der Waals surface area contributed by atoms with Crippen LogP contribution in [0.25, 0.3) is 22.4 Å². The van der Waals surface area contributed by atoms with Crippen LogP contribution < -0.4 is 4.90 Å². The summed E-state index contributed by atoms with van der Waals surface area (Å²) >= 11 is 0. The highest BCUT2D eigenvalue weighted by atomic mass is 19.3. The largest absolute Gasteiger partial charge is 0.439 e. The Morgan fingerprint density at radius 2 is 1.94 bits per heavy atom. The lowest BCUT2D eigenvalue weighted by molar-refractivity contribution is -0.330. The van der Waals surface area contributed by atoms with Crippen LogP contribution in [0.5, 0.6) is 0 Å². The molecular weight excluding hydrogens is 432 g/mol. The molecule has 2 fully saturated rings. The lowest BCUT2D eigenvalue weighted by Gasteiger charge is -2.43. The molecule has 3 aromatic heterocycles. The molecule has 0 unspecified atom stereocenters. The number of aromatic amines is 1. The van der Waals surface area contributed by atoms with Crippen molar-refractivity contribution in [2.24, 2.45) is 7.05 Å². The van der Waals surface area contributed by atoms with Crippen LogP contribution in [0, 0.1) is 0 Å². The number of fused-ring (bicyclic) bond motifs is 1. The molecule has 4 heterocycles. The van der Waals surface area contributed by atoms with Gasteiger partial charge in [0, 0.05) is 56.7 Å². The first-order valence-corrected chi connectivity index (χ1v) is 10.1. The average molecular weight is 452 g/mol. The standard InChI is InChI=1S/C20H20F4N6O2/c1-28-10-14(26-11-28)13-8-12-15(2-3-25-17(12)27-13)29-4-6-30(7-5-29)18(31)32-16-9-19(21,22)20(16,23)24/h2-3,8,10-11,16H,4-7,9H2,1H3,(H,25,27)/t16-/m1/s1. The van der Waals surface area contributed by atoms with E-state index in [-0.39, 0.29) is 13.1 Å². The van der Waals surface area contributed by atoms with Crippen LogP contribution in [0.15, 0.2) is 30.9 Å². The van der Waals surface area contributed by atoms with Crippen LogP contribution in [0.4, 0.5) is 28.0 Å². The number of aromatic nitrogens is 4. The molecule has 32 heavy (non-hydrogen) atoms. The van der Waals surface area contributed by atoms with Crippen molar-refractivity contribution in [1.82, 2.24) is 24.4 Å². The van der Waals surface area contributed by atoms with E-state index in [1.54, 1.807) is 12.5 Å². The predicted molar refractivity (Wildman–Crippen MR) is 107 cm³/mol. The van der Waals surface area contributed by atoms with Gasteiger partial charge in [0.1, 0.15) is 11.3 Å². The second kappa shape index (κ2) is 7.10. The van der Waals surface area contributed by atoms with Gasteiger partial charge in [0.05, 0.1) is 18.4 Å². The summed E-state index contributed by atoms with van der Waals surface area (Å²) in [5, 5.41) is 0.889. The van der Waals surface area contributed by atoms with Crippen LogP contribution >= 0.6 is 0 Å². The maximum absolute atomic E-state index is 13.4. The van der Waals surface area contributed by atoms with Crippen LogP contribution in [-0.2, 0) is 11.8 Å². The highest BCUT2D eigenvalue weighted by molar-refractivity contribution is 5.93. The third-order valence-corrected chi connectivity index (χ3v) is 5.95. The monoisotopic (exact) mass is 452 g/mol. The Hall–Kier alpha value is -3.31. The van der Waals surface area contributed by atoms with Crippen molar-refractivity contribution in [1.29, 1.82) is 0 Å². The number of nitrogens with one attached hydrogen (secondary N) is 1. The van der Waals surface area contributed by atoms with Crippen LogP contribution in [0.3, 0.4) is 0 Å². The van der Waals surface area contributed by atoms with E-state index in [0.717, 1.165) is 22.5 Å². The average Bonchev–Trinajstić information content (AvgIpc) is 3.39. The molecule has 170 valence electrons. The molecule has 1 saturated carbocycles. The van der Waals surface area contributed by atoms with Gasteiger partial charge in [-0.2, -0.15) is 17.6 Å². The van der Waals surface area contributed by atoms with Crippen LogP contribution in [-0.4, -0.2) is 74.6 Å². The SMILES string of the molecule is Cn1cnc(-c2cc3c(N4CCN(C(=O)O[C@@H]5CC(F)(F)C5(F)F)CC4)ccnc3[nH]2)c1. The highest BCUT2D eigenvalue weighted by Gasteiger charge is 2.74.